The molecule has 0 N–H and O–H groups in total. The van der Waals surface area contributed by atoms with Gasteiger partial charge < -0.3 is 4.74 Å². The third kappa shape index (κ3) is 4.36. The van der Waals surface area contributed by atoms with Crippen molar-refractivity contribution in [1.29, 1.82) is 0 Å². The zero-order valence-electron chi connectivity index (χ0n) is 17.0. The Labute approximate surface area is 183 Å². The minimum absolute atomic E-state index is 0.00390. The molecule has 0 aliphatic carbocycles. The standard InChI is InChI=1S/C22H20ClF3O4S/c1-4-21(5-2)20(27)18(14-10-15(22(24,25)26)12-16(23)11-14)19(30-21)13-6-8-17(9-7-13)31(3,28)29/h6-12H,4-5H2,1-3H3. The number of rotatable bonds is 5. The van der Waals surface area contributed by atoms with Gasteiger partial charge in [-0.2, -0.15) is 13.2 Å². The highest BCUT2D eigenvalue weighted by atomic mass is 35.5. The van der Waals surface area contributed by atoms with Gasteiger partial charge in [-0.3, -0.25) is 4.79 Å². The van der Waals surface area contributed by atoms with Crippen molar-refractivity contribution in [3.05, 3.63) is 64.2 Å². The maximum absolute atomic E-state index is 13.4. The average molecular weight is 473 g/mol. The number of ether oxygens (including phenoxy) is 1. The van der Waals surface area contributed by atoms with Gasteiger partial charge in [0, 0.05) is 16.8 Å². The lowest BCUT2D eigenvalue weighted by Crippen LogP contribution is -2.35. The van der Waals surface area contributed by atoms with Crippen molar-refractivity contribution in [1.82, 2.24) is 0 Å². The number of halogens is 4. The van der Waals surface area contributed by atoms with Gasteiger partial charge in [0.1, 0.15) is 5.76 Å². The lowest BCUT2D eigenvalue weighted by atomic mass is 9.86. The van der Waals surface area contributed by atoms with Crippen LogP contribution in [0.15, 0.2) is 47.4 Å². The summed E-state index contributed by atoms with van der Waals surface area (Å²) >= 11 is 5.94. The number of hydrogen-bond acceptors (Lipinski definition) is 4. The molecule has 0 saturated heterocycles. The van der Waals surface area contributed by atoms with Crippen molar-refractivity contribution in [3.8, 4) is 0 Å². The molecule has 9 heteroatoms. The first-order chi connectivity index (χ1) is 14.3. The molecule has 0 unspecified atom stereocenters. The minimum Gasteiger partial charge on any atom is -0.478 e. The summed E-state index contributed by atoms with van der Waals surface area (Å²) < 4.78 is 69.6. The molecular weight excluding hydrogens is 453 g/mol. The number of Topliss-reactive ketones (excluding diaryl/α,β-unsaturated/α-hetero) is 1. The lowest BCUT2D eigenvalue weighted by molar-refractivity contribution is -0.137. The molecule has 4 nitrogen and oxygen atoms in total. The van der Waals surface area contributed by atoms with Gasteiger partial charge in [-0.1, -0.05) is 25.4 Å². The maximum Gasteiger partial charge on any atom is 0.416 e. The second-order valence-corrected chi connectivity index (χ2v) is 9.81. The van der Waals surface area contributed by atoms with Crippen LogP contribution in [0.25, 0.3) is 11.3 Å². The molecule has 1 aliphatic heterocycles. The number of sulfone groups is 1. The van der Waals surface area contributed by atoms with Gasteiger partial charge in [0.25, 0.3) is 0 Å². The van der Waals surface area contributed by atoms with Crippen LogP contribution in [-0.4, -0.2) is 26.1 Å². The third-order valence-electron chi connectivity index (χ3n) is 5.37. The molecule has 0 radical (unpaired) electrons. The van der Waals surface area contributed by atoms with E-state index >= 15 is 0 Å². The Balaban J connectivity index is 2.26. The largest absolute Gasteiger partial charge is 0.478 e. The van der Waals surface area contributed by atoms with Crippen LogP contribution in [0.3, 0.4) is 0 Å². The molecule has 2 aromatic carbocycles. The van der Waals surface area contributed by atoms with E-state index in [1.54, 1.807) is 13.8 Å². The molecule has 31 heavy (non-hydrogen) atoms. The first-order valence-electron chi connectivity index (χ1n) is 9.49. The number of ketones is 1. The number of carbonyl (C=O) groups excluding carboxylic acids is 1. The molecule has 0 fully saturated rings. The van der Waals surface area contributed by atoms with Gasteiger partial charge >= 0.3 is 6.18 Å². The Morgan fingerprint density at radius 3 is 2.06 bits per heavy atom. The fourth-order valence-corrected chi connectivity index (χ4v) is 4.42. The van der Waals surface area contributed by atoms with Gasteiger partial charge in [-0.05, 0) is 60.9 Å². The molecule has 2 aromatic rings. The van der Waals surface area contributed by atoms with E-state index in [-0.39, 0.29) is 26.8 Å². The molecule has 0 saturated carbocycles. The summed E-state index contributed by atoms with van der Waals surface area (Å²) in [5, 5.41) is -0.164. The van der Waals surface area contributed by atoms with Gasteiger partial charge in [0.15, 0.2) is 15.4 Å². The Hall–Kier alpha value is -2.32. The van der Waals surface area contributed by atoms with Gasteiger partial charge in [0.2, 0.25) is 5.78 Å². The fraction of sp³-hybridized carbons (Fsp3) is 0.318. The Morgan fingerprint density at radius 1 is 1.00 bits per heavy atom. The first kappa shape index (κ1) is 23.3. The van der Waals surface area contributed by atoms with Crippen LogP contribution in [-0.2, 0) is 25.5 Å². The van der Waals surface area contributed by atoms with Crippen LogP contribution in [0, 0.1) is 0 Å². The molecule has 3 rings (SSSR count). The summed E-state index contributed by atoms with van der Waals surface area (Å²) in [5.74, 6) is -0.334. The van der Waals surface area contributed by atoms with E-state index in [0.29, 0.717) is 18.4 Å². The van der Waals surface area contributed by atoms with E-state index in [1.807, 2.05) is 0 Å². The average Bonchev–Trinajstić information content (AvgIpc) is 2.99. The zero-order valence-corrected chi connectivity index (χ0v) is 18.6. The summed E-state index contributed by atoms with van der Waals surface area (Å²) in [4.78, 5) is 13.4. The second kappa shape index (κ2) is 7.98. The summed E-state index contributed by atoms with van der Waals surface area (Å²) in [7, 11) is -3.45. The summed E-state index contributed by atoms with van der Waals surface area (Å²) in [5.41, 5.74) is -1.83. The number of carbonyl (C=O) groups is 1. The van der Waals surface area contributed by atoms with Crippen molar-refractivity contribution < 1.29 is 31.1 Å². The van der Waals surface area contributed by atoms with E-state index in [2.05, 4.69) is 0 Å². The summed E-state index contributed by atoms with van der Waals surface area (Å²) in [6.45, 7) is 3.52. The van der Waals surface area contributed by atoms with E-state index in [4.69, 9.17) is 16.3 Å². The molecule has 1 heterocycles. The minimum atomic E-state index is -4.65. The van der Waals surface area contributed by atoms with E-state index < -0.39 is 33.0 Å². The molecule has 0 amide bonds. The predicted molar refractivity (Wildman–Crippen MR) is 112 cm³/mol. The van der Waals surface area contributed by atoms with Gasteiger partial charge in [-0.25, -0.2) is 8.42 Å². The number of alkyl halides is 3. The van der Waals surface area contributed by atoms with Crippen LogP contribution in [0.5, 0.6) is 0 Å². The predicted octanol–water partition coefficient (Wildman–Crippen LogP) is 5.79. The van der Waals surface area contributed by atoms with Gasteiger partial charge in [-0.15, -0.1) is 0 Å². The van der Waals surface area contributed by atoms with Gasteiger partial charge in [0.05, 0.1) is 16.0 Å². The zero-order chi connectivity index (χ0) is 23.2. The van der Waals surface area contributed by atoms with Crippen molar-refractivity contribution in [3.63, 3.8) is 0 Å². The smallest absolute Gasteiger partial charge is 0.416 e. The molecular formula is C22H20ClF3O4S. The summed E-state index contributed by atoms with van der Waals surface area (Å²) in [6.07, 6.45) is -2.97. The monoisotopic (exact) mass is 472 g/mol. The highest BCUT2D eigenvalue weighted by Gasteiger charge is 2.48. The lowest BCUT2D eigenvalue weighted by Gasteiger charge is -2.25. The normalized spacial score (nSPS) is 16.5. The van der Waals surface area contributed by atoms with Crippen LogP contribution >= 0.6 is 11.6 Å². The molecule has 0 spiro atoms. The van der Waals surface area contributed by atoms with E-state index in [0.717, 1.165) is 18.4 Å². The van der Waals surface area contributed by atoms with Crippen molar-refractivity contribution >= 4 is 38.6 Å². The van der Waals surface area contributed by atoms with Crippen molar-refractivity contribution in [2.45, 2.75) is 43.4 Å². The molecule has 0 aromatic heterocycles. The summed E-state index contributed by atoms with van der Waals surface area (Å²) in [6, 6.07) is 8.61. The topological polar surface area (TPSA) is 60.4 Å². The Bertz CT molecular complexity index is 1160. The van der Waals surface area contributed by atoms with Crippen LogP contribution in [0.2, 0.25) is 5.02 Å². The van der Waals surface area contributed by atoms with Crippen LogP contribution in [0.4, 0.5) is 13.2 Å². The molecule has 0 bridgehead atoms. The number of hydrogen-bond donors (Lipinski definition) is 0. The highest BCUT2D eigenvalue weighted by molar-refractivity contribution is 7.90. The Kier molecular flexibility index (Phi) is 6.01. The van der Waals surface area contributed by atoms with E-state index in [1.165, 1.54) is 30.3 Å². The maximum atomic E-state index is 13.4. The molecule has 0 atom stereocenters. The fourth-order valence-electron chi connectivity index (χ4n) is 3.56. The quantitative estimate of drug-likeness (QED) is 0.552. The first-order valence-corrected chi connectivity index (χ1v) is 11.8. The highest BCUT2D eigenvalue weighted by Crippen LogP contribution is 2.46. The Morgan fingerprint density at radius 2 is 1.58 bits per heavy atom. The van der Waals surface area contributed by atoms with Crippen LogP contribution < -0.4 is 0 Å². The third-order valence-corrected chi connectivity index (χ3v) is 6.71. The van der Waals surface area contributed by atoms with E-state index in [9.17, 15) is 26.4 Å². The molecule has 166 valence electrons. The van der Waals surface area contributed by atoms with Crippen molar-refractivity contribution in [2.75, 3.05) is 6.26 Å². The van der Waals surface area contributed by atoms with Crippen LogP contribution in [0.1, 0.15) is 43.4 Å². The van der Waals surface area contributed by atoms with Crippen molar-refractivity contribution in [2.24, 2.45) is 0 Å². The SMILES string of the molecule is CCC1(CC)OC(c2ccc(S(C)(=O)=O)cc2)=C(c2cc(Cl)cc(C(F)(F)F)c2)C1=O. The number of benzene rings is 2. The second-order valence-electron chi connectivity index (χ2n) is 7.36. The molecule has 1 aliphatic rings.